The predicted octanol–water partition coefficient (Wildman–Crippen LogP) is 11.6. The van der Waals surface area contributed by atoms with Gasteiger partial charge in [-0.15, -0.1) is 0 Å². The molecule has 12 heteroatoms. The average molecular weight is 746 g/mol. The van der Waals surface area contributed by atoms with Gasteiger partial charge in [-0.25, -0.2) is 9.59 Å². The number of urea groups is 2. The van der Waals surface area contributed by atoms with E-state index in [9.17, 15) is 19.8 Å². The van der Waals surface area contributed by atoms with Crippen LogP contribution in [0.25, 0.3) is 22.3 Å². The highest BCUT2D eigenvalue weighted by Gasteiger charge is 2.24. The number of phenolic OH excluding ortho intramolecular Hbond substituents is 2. The van der Waals surface area contributed by atoms with Crippen molar-refractivity contribution in [1.82, 2.24) is 0 Å². The number of benzene rings is 6. The molecule has 50 heavy (non-hydrogen) atoms. The maximum Gasteiger partial charge on any atom is 0.324 e. The number of halogens is 4. The molecule has 0 saturated carbocycles. The molecule has 0 aromatic heterocycles. The smallest absolute Gasteiger partial charge is 0.324 e. The molecule has 0 heterocycles. The van der Waals surface area contributed by atoms with Gasteiger partial charge in [0.05, 0.1) is 27.1 Å². The van der Waals surface area contributed by atoms with E-state index in [0.717, 1.165) is 22.3 Å². The summed E-state index contributed by atoms with van der Waals surface area (Å²) in [5, 5.41) is 25.8. The summed E-state index contributed by atoms with van der Waals surface area (Å²) in [6.07, 6.45) is 0. The summed E-state index contributed by atoms with van der Waals surface area (Å²) in [4.78, 5) is 25.5. The third-order valence-electron chi connectivity index (χ3n) is 7.31. The minimum Gasteiger partial charge on any atom is -0.504 e. The highest BCUT2D eigenvalue weighted by atomic mass is 35.5. The number of carbonyl (C=O) groups is 2. The summed E-state index contributed by atoms with van der Waals surface area (Å²) >= 11 is 23.6. The second kappa shape index (κ2) is 16.3. The number of nitrogens with zero attached hydrogens (tertiary/aromatic N) is 1. The number of hydrogen-bond donors (Lipinski definition) is 5. The number of carbonyl (C=O) groups excluding carboxylic acids is 2. The van der Waals surface area contributed by atoms with E-state index < -0.39 is 12.1 Å². The third kappa shape index (κ3) is 8.42. The van der Waals surface area contributed by atoms with Crippen LogP contribution in [0.3, 0.4) is 0 Å². The van der Waals surface area contributed by atoms with Crippen molar-refractivity contribution in [3.05, 3.63) is 154 Å². The van der Waals surface area contributed by atoms with Gasteiger partial charge in [-0.05, 0) is 59.2 Å². The van der Waals surface area contributed by atoms with Crippen molar-refractivity contribution in [3.63, 3.8) is 0 Å². The molecule has 0 saturated heterocycles. The molecule has 0 atom stereocenters. The van der Waals surface area contributed by atoms with Gasteiger partial charge in [0, 0.05) is 11.3 Å². The Hall–Kier alpha value is -5.38. The zero-order valence-corrected chi connectivity index (χ0v) is 29.0. The van der Waals surface area contributed by atoms with Crippen molar-refractivity contribution in [2.24, 2.45) is 5.73 Å². The molecule has 4 amide bonds. The van der Waals surface area contributed by atoms with Gasteiger partial charge >= 0.3 is 12.1 Å². The number of primary amides is 1. The lowest BCUT2D eigenvalue weighted by Gasteiger charge is -2.25. The summed E-state index contributed by atoms with van der Waals surface area (Å²) in [7, 11) is 0. The van der Waals surface area contributed by atoms with Crippen LogP contribution in [0.2, 0.25) is 20.1 Å². The Morgan fingerprint density at radius 2 is 1.06 bits per heavy atom. The van der Waals surface area contributed by atoms with Crippen LogP contribution < -0.4 is 21.3 Å². The molecule has 0 aliphatic rings. The van der Waals surface area contributed by atoms with Crippen LogP contribution in [-0.4, -0.2) is 22.3 Å². The topological polar surface area (TPSA) is 128 Å². The lowest BCUT2D eigenvalue weighted by molar-refractivity contribution is 0.255. The van der Waals surface area contributed by atoms with Crippen LogP contribution in [0.4, 0.5) is 32.3 Å². The van der Waals surface area contributed by atoms with Crippen LogP contribution in [0.1, 0.15) is 0 Å². The van der Waals surface area contributed by atoms with Crippen molar-refractivity contribution in [2.75, 3.05) is 15.5 Å². The highest BCUT2D eigenvalue weighted by Crippen LogP contribution is 2.44. The number of anilines is 4. The lowest BCUT2D eigenvalue weighted by atomic mass is 10.0. The fourth-order valence-electron chi connectivity index (χ4n) is 4.91. The second-order valence-corrected chi connectivity index (χ2v) is 12.1. The molecule has 252 valence electrons. The summed E-state index contributed by atoms with van der Waals surface area (Å²) in [6.45, 7) is 0. The van der Waals surface area contributed by atoms with E-state index >= 15 is 0 Å². The zero-order chi connectivity index (χ0) is 35.8. The Labute approximate surface area is 308 Å². The molecule has 6 aromatic rings. The normalized spacial score (nSPS) is 10.4. The van der Waals surface area contributed by atoms with E-state index in [0.29, 0.717) is 11.4 Å². The van der Waals surface area contributed by atoms with Crippen LogP contribution in [-0.2, 0) is 0 Å². The number of amides is 4. The molecule has 0 unspecified atom stereocenters. The first-order valence-corrected chi connectivity index (χ1v) is 16.4. The number of phenols is 2. The Morgan fingerprint density at radius 1 is 0.540 bits per heavy atom. The highest BCUT2D eigenvalue weighted by molar-refractivity contribution is 6.44. The van der Waals surface area contributed by atoms with E-state index in [1.54, 1.807) is 24.3 Å². The van der Waals surface area contributed by atoms with Gasteiger partial charge in [-0.3, -0.25) is 4.90 Å². The summed E-state index contributed by atoms with van der Waals surface area (Å²) in [5.74, 6) is -0.584. The molecule has 6 rings (SSSR count). The first kappa shape index (κ1) is 35.9. The standard InChI is InChI=1S/2C19H14Cl2N2O2/c20-14-10-11-16(18(24)17(14)21)23(19(22)25)15-9-5-4-8-13(15)12-6-2-1-3-7-12;20-15-10-11-16(18(24)17(15)21)23-19(25)22-14-8-6-13(7-9-14)12-4-2-1-3-5-12/h1-11,24H,(H2,22,25);1-11,24H,(H2,22,23,25). The molecule has 0 fully saturated rings. The number of para-hydroxylation sites is 1. The molecule has 0 aliphatic heterocycles. The maximum atomic E-state index is 12.2. The second-order valence-electron chi connectivity index (χ2n) is 10.6. The summed E-state index contributed by atoms with van der Waals surface area (Å²) < 4.78 is 0. The van der Waals surface area contributed by atoms with E-state index in [2.05, 4.69) is 10.6 Å². The Bertz CT molecular complexity index is 2130. The van der Waals surface area contributed by atoms with Crippen LogP contribution in [0.15, 0.2) is 133 Å². The molecule has 0 radical (unpaired) electrons. The van der Waals surface area contributed by atoms with Crippen molar-refractivity contribution in [3.8, 4) is 33.8 Å². The molecule has 0 bridgehead atoms. The lowest BCUT2D eigenvalue weighted by Crippen LogP contribution is -2.31. The zero-order valence-electron chi connectivity index (χ0n) is 25.9. The van der Waals surface area contributed by atoms with Crippen LogP contribution >= 0.6 is 46.4 Å². The predicted molar refractivity (Wildman–Crippen MR) is 204 cm³/mol. The van der Waals surface area contributed by atoms with E-state index in [1.807, 2.05) is 84.9 Å². The van der Waals surface area contributed by atoms with Crippen molar-refractivity contribution in [2.45, 2.75) is 0 Å². The minimum atomic E-state index is -0.753. The van der Waals surface area contributed by atoms with Gasteiger partial charge in [-0.1, -0.05) is 137 Å². The number of nitrogens with two attached hydrogens (primary N) is 1. The number of rotatable bonds is 6. The summed E-state index contributed by atoms with van der Waals surface area (Å²) in [5.41, 5.74) is 10.9. The molecular formula is C38H28Cl4N4O4. The Balaban J connectivity index is 0.000000194. The molecular weight excluding hydrogens is 718 g/mol. The molecule has 6 N–H and O–H groups in total. The third-order valence-corrected chi connectivity index (χ3v) is 8.89. The fourth-order valence-corrected chi connectivity index (χ4v) is 5.54. The quantitative estimate of drug-likeness (QED) is 0.109. The summed E-state index contributed by atoms with van der Waals surface area (Å²) in [6, 6.07) is 38.9. The maximum absolute atomic E-state index is 12.2. The van der Waals surface area contributed by atoms with E-state index in [-0.39, 0.29) is 43.0 Å². The average Bonchev–Trinajstić information content (AvgIpc) is 3.13. The van der Waals surface area contributed by atoms with Crippen molar-refractivity contribution in [1.29, 1.82) is 0 Å². The number of nitrogens with one attached hydrogen (secondary N) is 2. The van der Waals surface area contributed by atoms with Gasteiger partial charge in [0.2, 0.25) is 0 Å². The Morgan fingerprint density at radius 3 is 1.68 bits per heavy atom. The first-order valence-electron chi connectivity index (χ1n) is 14.9. The number of aromatic hydroxyl groups is 2. The van der Waals surface area contributed by atoms with Gasteiger partial charge < -0.3 is 26.6 Å². The SMILES string of the molecule is NC(=O)N(c1ccccc1-c1ccccc1)c1ccc(Cl)c(Cl)c1O.O=C(Nc1ccc(-c2ccccc2)cc1)Nc1ccc(Cl)c(Cl)c1O. The van der Waals surface area contributed by atoms with Gasteiger partial charge in [0.15, 0.2) is 11.5 Å². The molecule has 0 aliphatic carbocycles. The Kier molecular flexibility index (Phi) is 11.7. The monoisotopic (exact) mass is 744 g/mol. The van der Waals surface area contributed by atoms with Crippen LogP contribution in [0, 0.1) is 0 Å². The van der Waals surface area contributed by atoms with Crippen molar-refractivity contribution >= 4 is 81.2 Å². The van der Waals surface area contributed by atoms with Crippen molar-refractivity contribution < 1.29 is 19.8 Å². The number of hydrogen-bond acceptors (Lipinski definition) is 4. The van der Waals surface area contributed by atoms with E-state index in [4.69, 9.17) is 52.1 Å². The molecule has 0 spiro atoms. The van der Waals surface area contributed by atoms with Gasteiger partial charge in [-0.2, -0.15) is 0 Å². The molecule has 8 nitrogen and oxygen atoms in total. The molecule has 6 aromatic carbocycles. The largest absolute Gasteiger partial charge is 0.504 e. The first-order chi connectivity index (χ1) is 24.0. The van der Waals surface area contributed by atoms with Gasteiger partial charge in [0.25, 0.3) is 0 Å². The van der Waals surface area contributed by atoms with Gasteiger partial charge in [0.1, 0.15) is 10.0 Å². The van der Waals surface area contributed by atoms with Crippen LogP contribution in [0.5, 0.6) is 11.5 Å². The van der Waals surface area contributed by atoms with E-state index in [1.165, 1.54) is 29.2 Å². The minimum absolute atomic E-state index is 0.00770. The fraction of sp³-hybridized carbons (Fsp3) is 0.